The second-order valence-electron chi connectivity index (χ2n) is 4.52. The number of aryl methyl sites for hydroxylation is 1. The summed E-state index contributed by atoms with van der Waals surface area (Å²) < 4.78 is 27.1. The van der Waals surface area contributed by atoms with Crippen molar-refractivity contribution in [1.82, 2.24) is 4.72 Å². The van der Waals surface area contributed by atoms with Crippen LogP contribution < -0.4 is 10.5 Å². The van der Waals surface area contributed by atoms with Crippen LogP contribution in [0.2, 0.25) is 0 Å². The van der Waals surface area contributed by atoms with Gasteiger partial charge in [0.15, 0.2) is 0 Å². The summed E-state index contributed by atoms with van der Waals surface area (Å²) in [5.74, 6) is 0.519. The molecular formula is C11H18N2O2S2. The summed E-state index contributed by atoms with van der Waals surface area (Å²) in [4.78, 5) is 1.13. The average Bonchev–Trinajstić information content (AvgIpc) is 2.57. The maximum absolute atomic E-state index is 12.2. The summed E-state index contributed by atoms with van der Waals surface area (Å²) in [7, 11) is -3.38. The van der Waals surface area contributed by atoms with E-state index in [-0.39, 0.29) is 6.54 Å². The van der Waals surface area contributed by atoms with Crippen LogP contribution in [0.25, 0.3) is 0 Å². The van der Waals surface area contributed by atoms with Crippen LogP contribution in [-0.4, -0.2) is 15.0 Å². The Morgan fingerprint density at radius 1 is 1.53 bits per heavy atom. The molecule has 0 saturated heterocycles. The first-order valence-corrected chi connectivity index (χ1v) is 8.17. The Bertz CT molecular complexity index is 490. The molecular weight excluding hydrogens is 256 g/mol. The highest BCUT2D eigenvalue weighted by atomic mass is 32.2. The Labute approximate surface area is 106 Å². The van der Waals surface area contributed by atoms with E-state index in [1.54, 1.807) is 0 Å². The van der Waals surface area contributed by atoms with Crippen molar-refractivity contribution in [2.24, 2.45) is 11.7 Å². The highest BCUT2D eigenvalue weighted by molar-refractivity contribution is 7.89. The lowest BCUT2D eigenvalue weighted by Gasteiger charge is -2.25. The lowest BCUT2D eigenvalue weighted by atomic mass is 9.86. The van der Waals surface area contributed by atoms with Crippen LogP contribution in [0.3, 0.4) is 0 Å². The molecule has 0 bridgehead atoms. The summed E-state index contributed by atoms with van der Waals surface area (Å²) in [6.45, 7) is 2.65. The fourth-order valence-electron chi connectivity index (χ4n) is 1.99. The molecule has 1 aromatic rings. The number of hydrogen-bond donors (Lipinski definition) is 2. The molecule has 0 unspecified atom stereocenters. The van der Waals surface area contributed by atoms with Crippen LogP contribution in [0.5, 0.6) is 0 Å². The van der Waals surface area contributed by atoms with Gasteiger partial charge in [0.05, 0.1) is 0 Å². The SMILES string of the molecule is Cc1csc(CN)c1S(=O)(=O)NCC1CCC1. The van der Waals surface area contributed by atoms with E-state index in [9.17, 15) is 8.42 Å². The molecule has 0 radical (unpaired) electrons. The Morgan fingerprint density at radius 2 is 2.24 bits per heavy atom. The number of nitrogens with one attached hydrogen (secondary N) is 1. The largest absolute Gasteiger partial charge is 0.326 e. The zero-order valence-corrected chi connectivity index (χ0v) is 11.5. The van der Waals surface area contributed by atoms with Gasteiger partial charge in [-0.1, -0.05) is 6.42 Å². The van der Waals surface area contributed by atoms with E-state index >= 15 is 0 Å². The van der Waals surface area contributed by atoms with Crippen molar-refractivity contribution in [2.45, 2.75) is 37.6 Å². The van der Waals surface area contributed by atoms with Crippen molar-refractivity contribution in [3.63, 3.8) is 0 Å². The van der Waals surface area contributed by atoms with Crippen molar-refractivity contribution in [3.05, 3.63) is 15.8 Å². The topological polar surface area (TPSA) is 72.2 Å². The first kappa shape index (κ1) is 13.0. The molecule has 96 valence electrons. The van der Waals surface area contributed by atoms with Crippen molar-refractivity contribution in [3.8, 4) is 0 Å². The maximum atomic E-state index is 12.2. The average molecular weight is 274 g/mol. The van der Waals surface area contributed by atoms with Gasteiger partial charge in [-0.05, 0) is 36.6 Å². The van der Waals surface area contributed by atoms with Gasteiger partial charge >= 0.3 is 0 Å². The number of sulfonamides is 1. The Morgan fingerprint density at radius 3 is 2.76 bits per heavy atom. The molecule has 4 nitrogen and oxygen atoms in total. The quantitative estimate of drug-likeness (QED) is 0.856. The zero-order chi connectivity index (χ0) is 12.5. The minimum atomic E-state index is -3.38. The highest BCUT2D eigenvalue weighted by Gasteiger charge is 2.25. The number of nitrogens with two attached hydrogens (primary N) is 1. The molecule has 1 aliphatic carbocycles. The van der Waals surface area contributed by atoms with Gasteiger partial charge in [0.1, 0.15) is 4.90 Å². The Kier molecular flexibility index (Phi) is 3.87. The standard InChI is InChI=1S/C11H18N2O2S2/c1-8-7-16-10(5-12)11(8)17(14,15)13-6-9-3-2-4-9/h7,9,13H,2-6,12H2,1H3. The monoisotopic (exact) mass is 274 g/mol. The van der Waals surface area contributed by atoms with Gasteiger partial charge in [0, 0.05) is 18.0 Å². The molecule has 17 heavy (non-hydrogen) atoms. The van der Waals surface area contributed by atoms with Gasteiger partial charge in [-0.25, -0.2) is 13.1 Å². The van der Waals surface area contributed by atoms with Crippen LogP contribution in [0.15, 0.2) is 10.3 Å². The molecule has 3 N–H and O–H groups in total. The first-order valence-electron chi connectivity index (χ1n) is 5.81. The molecule has 6 heteroatoms. The van der Waals surface area contributed by atoms with Crippen LogP contribution in [-0.2, 0) is 16.6 Å². The van der Waals surface area contributed by atoms with E-state index in [0.717, 1.165) is 23.3 Å². The van der Waals surface area contributed by atoms with Gasteiger partial charge in [0.2, 0.25) is 10.0 Å². The normalized spacial score (nSPS) is 17.1. The van der Waals surface area contributed by atoms with Crippen molar-refractivity contribution < 1.29 is 8.42 Å². The van der Waals surface area contributed by atoms with E-state index in [2.05, 4.69) is 4.72 Å². The number of thiophene rings is 1. The van der Waals surface area contributed by atoms with Crippen LogP contribution in [0, 0.1) is 12.8 Å². The van der Waals surface area contributed by atoms with Crippen molar-refractivity contribution in [2.75, 3.05) is 6.54 Å². The molecule has 1 fully saturated rings. The predicted octanol–water partition coefficient (Wildman–Crippen LogP) is 1.59. The van der Waals surface area contributed by atoms with E-state index in [4.69, 9.17) is 5.73 Å². The van der Waals surface area contributed by atoms with E-state index in [1.807, 2.05) is 12.3 Å². The van der Waals surface area contributed by atoms with Crippen LogP contribution >= 0.6 is 11.3 Å². The third kappa shape index (κ3) is 2.70. The zero-order valence-electron chi connectivity index (χ0n) is 9.90. The third-order valence-electron chi connectivity index (χ3n) is 3.23. The Balaban J connectivity index is 2.15. The number of rotatable bonds is 5. The molecule has 0 spiro atoms. The van der Waals surface area contributed by atoms with Gasteiger partial charge in [-0.2, -0.15) is 0 Å². The summed E-state index contributed by atoms with van der Waals surface area (Å²) in [6.07, 6.45) is 3.49. The van der Waals surface area contributed by atoms with E-state index in [1.165, 1.54) is 17.8 Å². The van der Waals surface area contributed by atoms with Crippen LogP contribution in [0.4, 0.5) is 0 Å². The first-order chi connectivity index (χ1) is 8.04. The minimum absolute atomic E-state index is 0.276. The second kappa shape index (κ2) is 5.06. The minimum Gasteiger partial charge on any atom is -0.326 e. The molecule has 1 aromatic heterocycles. The lowest BCUT2D eigenvalue weighted by molar-refractivity contribution is 0.316. The molecule has 0 aliphatic heterocycles. The van der Waals surface area contributed by atoms with Crippen molar-refractivity contribution >= 4 is 21.4 Å². The fourth-order valence-corrected chi connectivity index (χ4v) is 4.80. The van der Waals surface area contributed by atoms with E-state index in [0.29, 0.717) is 17.4 Å². The van der Waals surface area contributed by atoms with Gasteiger partial charge < -0.3 is 5.73 Å². The summed E-state index contributed by atoms with van der Waals surface area (Å²) in [5, 5.41) is 1.85. The highest BCUT2D eigenvalue weighted by Crippen LogP contribution is 2.28. The molecule has 1 aliphatic rings. The second-order valence-corrected chi connectivity index (χ2v) is 7.19. The smallest absolute Gasteiger partial charge is 0.241 e. The lowest BCUT2D eigenvalue weighted by Crippen LogP contribution is -2.32. The molecule has 1 heterocycles. The molecule has 0 atom stereocenters. The third-order valence-corrected chi connectivity index (χ3v) is 6.14. The summed E-state index contributed by atoms with van der Waals surface area (Å²) in [5.41, 5.74) is 6.36. The summed E-state index contributed by atoms with van der Waals surface area (Å²) >= 11 is 1.41. The predicted molar refractivity (Wildman–Crippen MR) is 69.5 cm³/mol. The molecule has 1 saturated carbocycles. The number of hydrogen-bond acceptors (Lipinski definition) is 4. The fraction of sp³-hybridized carbons (Fsp3) is 0.636. The van der Waals surface area contributed by atoms with Gasteiger partial charge in [-0.3, -0.25) is 0 Å². The van der Waals surface area contributed by atoms with Crippen molar-refractivity contribution in [1.29, 1.82) is 0 Å². The molecule has 0 amide bonds. The summed E-state index contributed by atoms with van der Waals surface area (Å²) in [6, 6.07) is 0. The maximum Gasteiger partial charge on any atom is 0.241 e. The Hall–Kier alpha value is -0.430. The van der Waals surface area contributed by atoms with E-state index < -0.39 is 10.0 Å². The van der Waals surface area contributed by atoms with Gasteiger partial charge in [0.25, 0.3) is 0 Å². The molecule has 2 rings (SSSR count). The molecule has 0 aromatic carbocycles. The van der Waals surface area contributed by atoms with Crippen LogP contribution in [0.1, 0.15) is 29.7 Å². The van der Waals surface area contributed by atoms with Gasteiger partial charge in [-0.15, -0.1) is 11.3 Å².